The lowest BCUT2D eigenvalue weighted by Crippen LogP contribution is -2.47. The van der Waals surface area contributed by atoms with E-state index in [0.717, 1.165) is 12.0 Å². The Bertz CT molecular complexity index is 584. The molecule has 2 N–H and O–H groups in total. The highest BCUT2D eigenvalue weighted by Gasteiger charge is 2.48. The second-order valence-corrected chi connectivity index (χ2v) is 6.35. The van der Waals surface area contributed by atoms with Crippen LogP contribution in [0.2, 0.25) is 0 Å². The van der Waals surface area contributed by atoms with Crippen LogP contribution in [-0.2, 0) is 10.4 Å². The van der Waals surface area contributed by atoms with Crippen molar-refractivity contribution in [3.63, 3.8) is 0 Å². The summed E-state index contributed by atoms with van der Waals surface area (Å²) >= 11 is 0. The highest BCUT2D eigenvalue weighted by atomic mass is 16.7. The summed E-state index contributed by atoms with van der Waals surface area (Å²) in [6.07, 6.45) is 1.67. The third-order valence-electron chi connectivity index (χ3n) is 5.35. The van der Waals surface area contributed by atoms with Gasteiger partial charge in [-0.15, -0.1) is 0 Å². The van der Waals surface area contributed by atoms with E-state index in [-0.39, 0.29) is 24.5 Å². The summed E-state index contributed by atoms with van der Waals surface area (Å²) in [5, 5.41) is 20.7. The lowest BCUT2D eigenvalue weighted by Gasteiger charge is -2.46. The van der Waals surface area contributed by atoms with Crippen LogP contribution in [0.25, 0.3) is 0 Å². The normalized spacial score (nSPS) is 33.7. The maximum absolute atomic E-state index is 11.4. The SMILES string of the molecule is CCC1C(C)C(C(=O)O)CCC1(O)c1ccc2c(c1)OCO2. The van der Waals surface area contributed by atoms with Gasteiger partial charge in [0.1, 0.15) is 0 Å². The standard InChI is InChI=1S/C17H22O5/c1-3-13-10(2)12(16(18)19)6-7-17(13,20)11-4-5-14-15(8-11)22-9-21-14/h4-5,8,10,12-13,20H,3,6-7,9H2,1-2H3,(H,18,19). The van der Waals surface area contributed by atoms with Gasteiger partial charge in [0.05, 0.1) is 11.5 Å². The molecule has 1 aromatic rings. The Labute approximate surface area is 129 Å². The first-order valence-corrected chi connectivity index (χ1v) is 7.82. The Morgan fingerprint density at radius 3 is 2.77 bits per heavy atom. The molecule has 22 heavy (non-hydrogen) atoms. The van der Waals surface area contributed by atoms with Crippen LogP contribution in [0.3, 0.4) is 0 Å². The molecule has 1 fully saturated rings. The van der Waals surface area contributed by atoms with Crippen molar-refractivity contribution < 1.29 is 24.5 Å². The summed E-state index contributed by atoms with van der Waals surface area (Å²) in [6, 6.07) is 5.51. The van der Waals surface area contributed by atoms with Gasteiger partial charge in [0, 0.05) is 0 Å². The van der Waals surface area contributed by atoms with E-state index in [0.29, 0.717) is 24.3 Å². The monoisotopic (exact) mass is 306 g/mol. The maximum atomic E-state index is 11.4. The molecule has 0 spiro atoms. The third-order valence-corrected chi connectivity index (χ3v) is 5.35. The Morgan fingerprint density at radius 2 is 2.09 bits per heavy atom. The van der Waals surface area contributed by atoms with E-state index in [1.54, 1.807) is 0 Å². The topological polar surface area (TPSA) is 76.0 Å². The molecular weight excluding hydrogens is 284 g/mol. The van der Waals surface area contributed by atoms with E-state index in [1.165, 1.54) is 0 Å². The number of fused-ring (bicyclic) bond motifs is 1. The van der Waals surface area contributed by atoms with Gasteiger partial charge < -0.3 is 19.7 Å². The summed E-state index contributed by atoms with van der Waals surface area (Å²) in [5.41, 5.74) is -0.222. The number of aliphatic carboxylic acids is 1. The first kappa shape index (κ1) is 15.2. The van der Waals surface area contributed by atoms with Crippen molar-refractivity contribution in [3.8, 4) is 11.5 Å². The van der Waals surface area contributed by atoms with Gasteiger partial charge in [0.2, 0.25) is 6.79 Å². The Kier molecular flexibility index (Phi) is 3.77. The van der Waals surface area contributed by atoms with Crippen molar-refractivity contribution in [1.29, 1.82) is 0 Å². The summed E-state index contributed by atoms with van der Waals surface area (Å²) in [5.74, 6) is 0.00812. The van der Waals surface area contributed by atoms with E-state index in [1.807, 2.05) is 32.0 Å². The van der Waals surface area contributed by atoms with Gasteiger partial charge in [0.25, 0.3) is 0 Å². The lowest BCUT2D eigenvalue weighted by molar-refractivity contribution is -0.154. The zero-order valence-electron chi connectivity index (χ0n) is 12.9. The van der Waals surface area contributed by atoms with Gasteiger partial charge in [-0.3, -0.25) is 4.79 Å². The fourth-order valence-electron chi connectivity index (χ4n) is 4.12. The van der Waals surface area contributed by atoms with Crippen molar-refractivity contribution in [1.82, 2.24) is 0 Å². The molecule has 4 unspecified atom stereocenters. The van der Waals surface area contributed by atoms with Gasteiger partial charge in [0.15, 0.2) is 11.5 Å². The number of aliphatic hydroxyl groups is 1. The number of carboxylic acids is 1. The third kappa shape index (κ3) is 2.24. The fraction of sp³-hybridized carbons (Fsp3) is 0.588. The molecule has 0 aromatic heterocycles. The Balaban J connectivity index is 1.95. The van der Waals surface area contributed by atoms with Gasteiger partial charge in [-0.2, -0.15) is 0 Å². The molecule has 1 heterocycles. The number of rotatable bonds is 3. The Hall–Kier alpha value is -1.75. The van der Waals surface area contributed by atoms with Gasteiger partial charge in [-0.1, -0.05) is 19.9 Å². The Morgan fingerprint density at radius 1 is 1.36 bits per heavy atom. The molecule has 0 saturated heterocycles. The highest BCUT2D eigenvalue weighted by Crippen LogP contribution is 2.50. The number of carbonyl (C=O) groups is 1. The number of hydrogen-bond donors (Lipinski definition) is 2. The minimum Gasteiger partial charge on any atom is -0.481 e. The summed E-state index contributed by atoms with van der Waals surface area (Å²) in [4.78, 5) is 11.4. The zero-order chi connectivity index (χ0) is 15.9. The number of hydrogen-bond acceptors (Lipinski definition) is 4. The van der Waals surface area contributed by atoms with Crippen LogP contribution >= 0.6 is 0 Å². The molecule has 0 radical (unpaired) electrons. The number of benzene rings is 1. The summed E-state index contributed by atoms with van der Waals surface area (Å²) in [6.45, 7) is 4.14. The first-order valence-electron chi connectivity index (χ1n) is 7.82. The average molecular weight is 306 g/mol. The minimum absolute atomic E-state index is 0.0772. The molecule has 120 valence electrons. The smallest absolute Gasteiger partial charge is 0.306 e. The molecule has 5 nitrogen and oxygen atoms in total. The van der Waals surface area contributed by atoms with Crippen LogP contribution in [-0.4, -0.2) is 23.0 Å². The quantitative estimate of drug-likeness (QED) is 0.898. The van der Waals surface area contributed by atoms with Gasteiger partial charge in [-0.05, 0) is 48.8 Å². The van der Waals surface area contributed by atoms with E-state index < -0.39 is 11.6 Å². The van der Waals surface area contributed by atoms with Crippen molar-refractivity contribution in [2.24, 2.45) is 17.8 Å². The fourth-order valence-corrected chi connectivity index (χ4v) is 4.12. The van der Waals surface area contributed by atoms with Crippen LogP contribution in [0.5, 0.6) is 11.5 Å². The van der Waals surface area contributed by atoms with E-state index in [2.05, 4.69) is 0 Å². The lowest BCUT2D eigenvalue weighted by atomic mass is 9.61. The largest absolute Gasteiger partial charge is 0.481 e. The number of ether oxygens (including phenoxy) is 2. The van der Waals surface area contributed by atoms with Crippen molar-refractivity contribution in [2.45, 2.75) is 38.7 Å². The van der Waals surface area contributed by atoms with Crippen molar-refractivity contribution >= 4 is 5.97 Å². The second kappa shape index (κ2) is 5.47. The predicted molar refractivity (Wildman–Crippen MR) is 79.8 cm³/mol. The molecule has 1 aromatic carbocycles. The van der Waals surface area contributed by atoms with Crippen LogP contribution in [0.1, 0.15) is 38.7 Å². The van der Waals surface area contributed by atoms with Crippen LogP contribution < -0.4 is 9.47 Å². The molecule has 1 aliphatic heterocycles. The average Bonchev–Trinajstić information content (AvgIpc) is 2.94. The van der Waals surface area contributed by atoms with Gasteiger partial charge in [-0.25, -0.2) is 0 Å². The molecule has 1 aliphatic carbocycles. The van der Waals surface area contributed by atoms with Crippen molar-refractivity contribution in [3.05, 3.63) is 23.8 Å². The highest BCUT2D eigenvalue weighted by molar-refractivity contribution is 5.70. The molecule has 2 aliphatic rings. The van der Waals surface area contributed by atoms with Crippen LogP contribution in [0, 0.1) is 17.8 Å². The second-order valence-electron chi connectivity index (χ2n) is 6.35. The van der Waals surface area contributed by atoms with Crippen LogP contribution in [0.4, 0.5) is 0 Å². The molecule has 4 atom stereocenters. The molecule has 5 heteroatoms. The number of carboxylic acid groups (broad SMARTS) is 1. The van der Waals surface area contributed by atoms with Gasteiger partial charge >= 0.3 is 5.97 Å². The molecule has 1 saturated carbocycles. The zero-order valence-corrected chi connectivity index (χ0v) is 12.9. The maximum Gasteiger partial charge on any atom is 0.306 e. The van der Waals surface area contributed by atoms with E-state index in [9.17, 15) is 15.0 Å². The molecule has 0 bridgehead atoms. The molecular formula is C17H22O5. The van der Waals surface area contributed by atoms with Crippen molar-refractivity contribution in [2.75, 3.05) is 6.79 Å². The summed E-state index contributed by atoms with van der Waals surface area (Å²) in [7, 11) is 0. The molecule has 0 amide bonds. The first-order chi connectivity index (χ1) is 10.5. The predicted octanol–water partition coefficient (Wildman–Crippen LogP) is 2.76. The van der Waals surface area contributed by atoms with E-state index in [4.69, 9.17) is 9.47 Å². The van der Waals surface area contributed by atoms with Crippen LogP contribution in [0.15, 0.2) is 18.2 Å². The molecule has 3 rings (SSSR count). The van der Waals surface area contributed by atoms with E-state index >= 15 is 0 Å². The minimum atomic E-state index is -1.01. The summed E-state index contributed by atoms with van der Waals surface area (Å²) < 4.78 is 10.7.